The van der Waals surface area contributed by atoms with Crippen LogP contribution in [0.5, 0.6) is 0 Å². The Labute approximate surface area is 94.0 Å². The summed E-state index contributed by atoms with van der Waals surface area (Å²) in [5.74, 6) is 0.822. The zero-order chi connectivity index (χ0) is 11.5. The molecule has 0 unspecified atom stereocenters. The first-order valence-corrected chi connectivity index (χ1v) is 5.42. The molecule has 0 spiro atoms. The molecule has 2 rings (SSSR count). The highest BCUT2D eigenvalue weighted by atomic mass is 16.5. The summed E-state index contributed by atoms with van der Waals surface area (Å²) < 4.78 is 5.25. The fourth-order valence-electron chi connectivity index (χ4n) is 1.87. The number of hydrogen-bond acceptors (Lipinski definition) is 4. The second-order valence-electron chi connectivity index (χ2n) is 3.97. The van der Waals surface area contributed by atoms with E-state index < -0.39 is 0 Å². The van der Waals surface area contributed by atoms with E-state index in [-0.39, 0.29) is 17.8 Å². The summed E-state index contributed by atoms with van der Waals surface area (Å²) in [5.41, 5.74) is 0. The van der Waals surface area contributed by atoms with Crippen molar-refractivity contribution in [3.63, 3.8) is 0 Å². The Bertz CT molecular complexity index is 369. The lowest BCUT2D eigenvalue weighted by atomic mass is 10.1. The molecule has 1 aromatic heterocycles. The first-order chi connectivity index (χ1) is 7.70. The SMILES string of the molecule is COC1CCN(C(=O)c2n[nH]c(C)n2)CC1. The van der Waals surface area contributed by atoms with Crippen LogP contribution in [0.15, 0.2) is 0 Å². The molecule has 0 aliphatic carbocycles. The van der Waals surface area contributed by atoms with Gasteiger partial charge in [0, 0.05) is 20.2 Å². The van der Waals surface area contributed by atoms with Gasteiger partial charge in [-0.25, -0.2) is 4.98 Å². The highest BCUT2D eigenvalue weighted by Crippen LogP contribution is 2.14. The van der Waals surface area contributed by atoms with Crippen LogP contribution >= 0.6 is 0 Å². The van der Waals surface area contributed by atoms with Crippen molar-refractivity contribution in [3.8, 4) is 0 Å². The van der Waals surface area contributed by atoms with Gasteiger partial charge in [-0.2, -0.15) is 0 Å². The van der Waals surface area contributed by atoms with Gasteiger partial charge in [-0.15, -0.1) is 5.10 Å². The monoisotopic (exact) mass is 224 g/mol. The maximum atomic E-state index is 11.9. The number of nitrogens with zero attached hydrogens (tertiary/aromatic N) is 3. The number of aromatic nitrogens is 3. The van der Waals surface area contributed by atoms with E-state index in [0.29, 0.717) is 18.9 Å². The van der Waals surface area contributed by atoms with Gasteiger partial charge in [0.05, 0.1) is 6.10 Å². The average molecular weight is 224 g/mol. The Balaban J connectivity index is 1.96. The Morgan fingerprint density at radius 3 is 2.69 bits per heavy atom. The molecule has 6 nitrogen and oxygen atoms in total. The molecule has 1 saturated heterocycles. The Morgan fingerprint density at radius 1 is 1.50 bits per heavy atom. The Hall–Kier alpha value is -1.43. The van der Waals surface area contributed by atoms with E-state index in [1.807, 2.05) is 0 Å². The van der Waals surface area contributed by atoms with Gasteiger partial charge in [-0.3, -0.25) is 9.89 Å². The molecule has 1 aliphatic rings. The minimum Gasteiger partial charge on any atom is -0.381 e. The third kappa shape index (κ3) is 2.21. The molecule has 2 heterocycles. The van der Waals surface area contributed by atoms with Crippen LogP contribution in [0.3, 0.4) is 0 Å². The van der Waals surface area contributed by atoms with Crippen LogP contribution in [-0.4, -0.2) is 52.3 Å². The molecule has 0 saturated carbocycles. The molecule has 0 radical (unpaired) electrons. The van der Waals surface area contributed by atoms with Gasteiger partial charge in [0.15, 0.2) is 0 Å². The standard InChI is InChI=1S/C10H16N4O2/c1-7-11-9(13-12-7)10(15)14-5-3-8(16-2)4-6-14/h8H,3-6H2,1-2H3,(H,11,12,13). The summed E-state index contributed by atoms with van der Waals surface area (Å²) in [6.45, 7) is 3.21. The zero-order valence-electron chi connectivity index (χ0n) is 9.56. The van der Waals surface area contributed by atoms with Crippen molar-refractivity contribution in [2.75, 3.05) is 20.2 Å². The number of nitrogens with one attached hydrogen (secondary N) is 1. The predicted molar refractivity (Wildman–Crippen MR) is 57.1 cm³/mol. The molecule has 88 valence electrons. The number of H-pyrrole nitrogens is 1. The van der Waals surface area contributed by atoms with E-state index in [9.17, 15) is 4.79 Å². The second-order valence-corrected chi connectivity index (χ2v) is 3.97. The first-order valence-electron chi connectivity index (χ1n) is 5.42. The molecule has 1 aromatic rings. The van der Waals surface area contributed by atoms with E-state index in [1.54, 1.807) is 18.9 Å². The quantitative estimate of drug-likeness (QED) is 0.787. The highest BCUT2D eigenvalue weighted by molar-refractivity contribution is 5.90. The Morgan fingerprint density at radius 2 is 2.19 bits per heavy atom. The van der Waals surface area contributed by atoms with Crippen molar-refractivity contribution >= 4 is 5.91 Å². The largest absolute Gasteiger partial charge is 0.381 e. The smallest absolute Gasteiger partial charge is 0.293 e. The van der Waals surface area contributed by atoms with Gasteiger partial charge in [0.25, 0.3) is 5.91 Å². The number of amides is 1. The third-order valence-corrected chi connectivity index (χ3v) is 2.85. The van der Waals surface area contributed by atoms with Crippen molar-refractivity contribution in [1.29, 1.82) is 0 Å². The van der Waals surface area contributed by atoms with Gasteiger partial charge >= 0.3 is 0 Å². The van der Waals surface area contributed by atoms with Gasteiger partial charge in [0.1, 0.15) is 5.82 Å². The lowest BCUT2D eigenvalue weighted by molar-refractivity contribution is 0.0344. The van der Waals surface area contributed by atoms with Gasteiger partial charge < -0.3 is 9.64 Å². The molecular weight excluding hydrogens is 208 g/mol. The lowest BCUT2D eigenvalue weighted by Gasteiger charge is -2.30. The number of likely N-dealkylation sites (tertiary alicyclic amines) is 1. The van der Waals surface area contributed by atoms with E-state index >= 15 is 0 Å². The van der Waals surface area contributed by atoms with E-state index in [0.717, 1.165) is 12.8 Å². The molecule has 0 atom stereocenters. The van der Waals surface area contributed by atoms with Gasteiger partial charge in [-0.1, -0.05) is 0 Å². The summed E-state index contributed by atoms with van der Waals surface area (Å²) in [6, 6.07) is 0. The molecule has 1 aliphatic heterocycles. The first kappa shape index (κ1) is 11.1. The number of aromatic amines is 1. The maximum Gasteiger partial charge on any atom is 0.293 e. The number of rotatable bonds is 2. The molecule has 16 heavy (non-hydrogen) atoms. The van der Waals surface area contributed by atoms with Crippen molar-refractivity contribution in [2.24, 2.45) is 0 Å². The van der Waals surface area contributed by atoms with E-state index in [4.69, 9.17) is 4.74 Å². The number of piperidine rings is 1. The average Bonchev–Trinajstić information content (AvgIpc) is 2.75. The molecule has 1 fully saturated rings. The zero-order valence-corrected chi connectivity index (χ0v) is 9.56. The van der Waals surface area contributed by atoms with Gasteiger partial charge in [0.2, 0.25) is 5.82 Å². The molecule has 0 bridgehead atoms. The number of carbonyl (C=O) groups excluding carboxylic acids is 1. The third-order valence-electron chi connectivity index (χ3n) is 2.85. The minimum atomic E-state index is -0.0982. The fraction of sp³-hybridized carbons (Fsp3) is 0.700. The number of hydrogen-bond donors (Lipinski definition) is 1. The number of aryl methyl sites for hydroxylation is 1. The van der Waals surface area contributed by atoms with E-state index in [1.165, 1.54) is 0 Å². The minimum absolute atomic E-state index is 0.0982. The Kier molecular flexibility index (Phi) is 3.19. The molecule has 1 amide bonds. The summed E-state index contributed by atoms with van der Waals surface area (Å²) in [6.07, 6.45) is 2.04. The molecule has 6 heteroatoms. The second kappa shape index (κ2) is 4.61. The van der Waals surface area contributed by atoms with E-state index in [2.05, 4.69) is 15.2 Å². The van der Waals surface area contributed by atoms with Crippen LogP contribution < -0.4 is 0 Å². The lowest BCUT2D eigenvalue weighted by Crippen LogP contribution is -2.41. The summed E-state index contributed by atoms with van der Waals surface area (Å²) in [4.78, 5) is 17.8. The van der Waals surface area contributed by atoms with Gasteiger partial charge in [-0.05, 0) is 19.8 Å². The van der Waals surface area contributed by atoms with Crippen LogP contribution in [0.25, 0.3) is 0 Å². The van der Waals surface area contributed by atoms with Crippen LogP contribution in [0.4, 0.5) is 0 Å². The normalized spacial score (nSPS) is 17.8. The van der Waals surface area contributed by atoms with Crippen LogP contribution in [0, 0.1) is 6.92 Å². The summed E-state index contributed by atoms with van der Waals surface area (Å²) in [7, 11) is 1.71. The van der Waals surface area contributed by atoms with Crippen molar-refractivity contribution in [1.82, 2.24) is 20.1 Å². The summed E-state index contributed by atoms with van der Waals surface area (Å²) >= 11 is 0. The topological polar surface area (TPSA) is 71.1 Å². The number of ether oxygens (including phenoxy) is 1. The van der Waals surface area contributed by atoms with Crippen LogP contribution in [0.2, 0.25) is 0 Å². The van der Waals surface area contributed by atoms with Crippen LogP contribution in [-0.2, 0) is 4.74 Å². The summed E-state index contributed by atoms with van der Waals surface area (Å²) in [5, 5.41) is 6.55. The van der Waals surface area contributed by atoms with Crippen molar-refractivity contribution in [3.05, 3.63) is 11.6 Å². The van der Waals surface area contributed by atoms with Crippen LogP contribution in [0.1, 0.15) is 29.3 Å². The predicted octanol–water partition coefficient (Wildman–Crippen LogP) is 0.364. The number of carbonyl (C=O) groups is 1. The number of methoxy groups -OCH3 is 1. The van der Waals surface area contributed by atoms with Crippen molar-refractivity contribution < 1.29 is 9.53 Å². The maximum absolute atomic E-state index is 11.9. The van der Waals surface area contributed by atoms with Crippen molar-refractivity contribution in [2.45, 2.75) is 25.9 Å². The molecule has 1 N–H and O–H groups in total. The molecule has 0 aromatic carbocycles. The highest BCUT2D eigenvalue weighted by Gasteiger charge is 2.25. The molecular formula is C10H16N4O2. The fourth-order valence-corrected chi connectivity index (χ4v) is 1.87.